The quantitative estimate of drug-likeness (QED) is 0.129. The third-order valence-electron chi connectivity index (χ3n) is 13.3. The van der Waals surface area contributed by atoms with E-state index in [4.69, 9.17) is 0 Å². The minimum atomic E-state index is -0.617. The Kier molecular flexibility index (Phi) is 10.7. The second-order valence-corrected chi connectivity index (χ2v) is 18.5. The third-order valence-corrected chi connectivity index (χ3v) is 13.3. The molecule has 0 bridgehead atoms. The Bertz CT molecular complexity index is 2470. The van der Waals surface area contributed by atoms with Gasteiger partial charge in [0.1, 0.15) is 0 Å². The van der Waals surface area contributed by atoms with E-state index in [1.54, 1.807) is 0 Å². The van der Waals surface area contributed by atoms with Gasteiger partial charge in [0.25, 0.3) is 0 Å². The van der Waals surface area contributed by atoms with Crippen LogP contribution in [0.25, 0.3) is 55.6 Å². The monoisotopic (exact) mass is 790 g/mol. The van der Waals surface area contributed by atoms with Crippen LogP contribution >= 0.6 is 0 Å². The fourth-order valence-corrected chi connectivity index (χ4v) is 9.62. The molecule has 0 nitrogen and oxygen atoms in total. The van der Waals surface area contributed by atoms with Crippen molar-refractivity contribution in [3.8, 4) is 55.6 Å². The van der Waals surface area contributed by atoms with Crippen LogP contribution in [-0.2, 0) is 5.41 Å². The molecule has 0 heteroatoms. The average molecular weight is 791 g/mol. The molecular weight excluding hydrogens is 733 g/mol. The van der Waals surface area contributed by atoms with Crippen molar-refractivity contribution >= 4 is 0 Å². The van der Waals surface area contributed by atoms with Gasteiger partial charge in [0.15, 0.2) is 0 Å². The van der Waals surface area contributed by atoms with E-state index in [0.717, 1.165) is 0 Å². The number of benzene rings is 8. The molecule has 0 saturated carbocycles. The molecular formula is C61H58. The molecule has 0 unspecified atom stereocenters. The Morgan fingerprint density at radius 3 is 0.754 bits per heavy atom. The number of hydrogen-bond acceptors (Lipinski definition) is 0. The van der Waals surface area contributed by atoms with Gasteiger partial charge < -0.3 is 0 Å². The summed E-state index contributed by atoms with van der Waals surface area (Å²) in [4.78, 5) is 0. The Labute approximate surface area is 365 Å². The zero-order valence-corrected chi connectivity index (χ0v) is 37.1. The van der Waals surface area contributed by atoms with Crippen molar-refractivity contribution in [2.45, 2.75) is 84.5 Å². The Balaban J connectivity index is 1.38. The van der Waals surface area contributed by atoms with Crippen LogP contribution in [0.4, 0.5) is 0 Å². The van der Waals surface area contributed by atoms with Crippen molar-refractivity contribution < 1.29 is 0 Å². The van der Waals surface area contributed by atoms with E-state index >= 15 is 0 Å². The van der Waals surface area contributed by atoms with Crippen LogP contribution in [0.2, 0.25) is 0 Å². The molecule has 0 aromatic heterocycles. The predicted molar refractivity (Wildman–Crippen MR) is 262 cm³/mol. The van der Waals surface area contributed by atoms with E-state index in [2.05, 4.69) is 237 Å². The third kappa shape index (κ3) is 7.37. The molecule has 0 saturated heterocycles. The van der Waals surface area contributed by atoms with Gasteiger partial charge in [-0.25, -0.2) is 0 Å². The minimum Gasteiger partial charge on any atom is -0.0619 e. The van der Waals surface area contributed by atoms with Crippen molar-refractivity contribution in [2.24, 2.45) is 0 Å². The molecule has 0 atom stereocenters. The van der Waals surface area contributed by atoms with E-state index < -0.39 is 5.41 Å². The lowest BCUT2D eigenvalue weighted by molar-refractivity contribution is 0.770. The maximum absolute atomic E-state index is 2.50. The van der Waals surface area contributed by atoms with Crippen LogP contribution in [0.5, 0.6) is 0 Å². The summed E-state index contributed by atoms with van der Waals surface area (Å²) in [5.74, 6) is 1.87. The summed E-state index contributed by atoms with van der Waals surface area (Å²) < 4.78 is 0. The zero-order valence-electron chi connectivity index (χ0n) is 37.1. The lowest BCUT2D eigenvalue weighted by Crippen LogP contribution is -2.29. The highest BCUT2D eigenvalue weighted by molar-refractivity contribution is 5.89. The summed E-state index contributed by atoms with van der Waals surface area (Å²) in [5, 5.41) is 0. The van der Waals surface area contributed by atoms with Crippen molar-refractivity contribution in [2.75, 3.05) is 0 Å². The van der Waals surface area contributed by atoms with Crippen LogP contribution in [0, 0.1) is 0 Å². The summed E-state index contributed by atoms with van der Waals surface area (Å²) >= 11 is 0. The predicted octanol–water partition coefficient (Wildman–Crippen LogP) is 17.2. The molecule has 1 aliphatic rings. The van der Waals surface area contributed by atoms with E-state index in [-0.39, 0.29) is 0 Å². The maximum atomic E-state index is 2.50. The summed E-state index contributed by atoms with van der Waals surface area (Å²) in [6.45, 7) is 18.2. The van der Waals surface area contributed by atoms with Crippen LogP contribution in [0.15, 0.2) is 182 Å². The topological polar surface area (TPSA) is 0 Å². The lowest BCUT2D eigenvalue weighted by Gasteiger charge is -2.35. The van der Waals surface area contributed by atoms with E-state index in [1.807, 2.05) is 0 Å². The smallest absolute Gasteiger partial charge is 0.0619 e. The van der Waals surface area contributed by atoms with Crippen molar-refractivity contribution in [3.63, 3.8) is 0 Å². The van der Waals surface area contributed by atoms with Crippen LogP contribution in [-0.4, -0.2) is 0 Å². The Morgan fingerprint density at radius 1 is 0.262 bits per heavy atom. The molecule has 8 aromatic rings. The van der Waals surface area contributed by atoms with Gasteiger partial charge in [0.2, 0.25) is 0 Å². The minimum absolute atomic E-state index is 0.467. The number of hydrogen-bond donors (Lipinski definition) is 0. The van der Waals surface area contributed by atoms with Crippen molar-refractivity contribution in [1.29, 1.82) is 0 Å². The zero-order chi connectivity index (χ0) is 42.4. The first-order chi connectivity index (χ1) is 29.5. The molecule has 0 spiro atoms. The van der Waals surface area contributed by atoms with Gasteiger partial charge in [0.05, 0.1) is 5.41 Å². The molecule has 61 heavy (non-hydrogen) atoms. The standard InChI is InChI=1S/C61H58/c1-39(2)43-17-25-47(26-18-43)51-33-52(48-27-19-44(20-28-48)40(3)4)36-55(35-51)61(59-15-11-9-13-57(59)58-14-10-12-16-60(58)61)56-37-53(49-29-21-45(22-30-49)41(5)6)34-54(38-56)50-31-23-46(24-32-50)42(7)8/h9-42H,1-8H3. The molecule has 0 N–H and O–H groups in total. The van der Waals surface area contributed by atoms with Gasteiger partial charge in [-0.15, -0.1) is 0 Å². The van der Waals surface area contributed by atoms with Crippen LogP contribution in [0.1, 0.15) is 124 Å². The van der Waals surface area contributed by atoms with Crippen molar-refractivity contribution in [1.82, 2.24) is 0 Å². The van der Waals surface area contributed by atoms with Gasteiger partial charge in [-0.3, -0.25) is 0 Å². The summed E-state index contributed by atoms with van der Waals surface area (Å²) in [5.41, 5.74) is 22.4. The lowest BCUT2D eigenvalue weighted by atomic mass is 9.66. The van der Waals surface area contributed by atoms with Gasteiger partial charge in [-0.05, 0) is 160 Å². The van der Waals surface area contributed by atoms with Crippen LogP contribution < -0.4 is 0 Å². The van der Waals surface area contributed by atoms with Gasteiger partial charge in [0, 0.05) is 0 Å². The van der Waals surface area contributed by atoms with Gasteiger partial charge >= 0.3 is 0 Å². The molecule has 0 radical (unpaired) electrons. The van der Waals surface area contributed by atoms with Gasteiger partial charge in [-0.2, -0.15) is 0 Å². The fourth-order valence-electron chi connectivity index (χ4n) is 9.62. The molecule has 0 fully saturated rings. The molecule has 1 aliphatic carbocycles. The highest BCUT2D eigenvalue weighted by Crippen LogP contribution is 2.57. The van der Waals surface area contributed by atoms with E-state index in [9.17, 15) is 0 Å². The normalized spacial score (nSPS) is 13.0. The Morgan fingerprint density at radius 2 is 0.508 bits per heavy atom. The molecule has 8 aromatic carbocycles. The molecule has 0 heterocycles. The highest BCUT2D eigenvalue weighted by atomic mass is 14.5. The van der Waals surface area contributed by atoms with E-state index in [0.29, 0.717) is 23.7 Å². The summed E-state index contributed by atoms with van der Waals surface area (Å²) in [6.07, 6.45) is 0. The Hall–Kier alpha value is -6.24. The highest BCUT2D eigenvalue weighted by Gasteiger charge is 2.46. The fraction of sp³-hybridized carbons (Fsp3) is 0.213. The van der Waals surface area contributed by atoms with E-state index in [1.165, 1.54) is 100 Å². The summed E-state index contributed by atoms with van der Waals surface area (Å²) in [7, 11) is 0. The second kappa shape index (κ2) is 16.3. The maximum Gasteiger partial charge on any atom is 0.0714 e. The molecule has 302 valence electrons. The molecule has 0 amide bonds. The summed E-state index contributed by atoms with van der Waals surface area (Å²) in [6, 6.07) is 70.2. The molecule has 9 rings (SSSR count). The first-order valence-electron chi connectivity index (χ1n) is 22.4. The first kappa shape index (κ1) is 40.2. The average Bonchev–Trinajstić information content (AvgIpc) is 3.60. The second-order valence-electron chi connectivity index (χ2n) is 18.5. The SMILES string of the molecule is CC(C)c1ccc(-c2cc(-c3ccc(C(C)C)cc3)cc(C3(c4cc(-c5ccc(C(C)C)cc5)cc(-c5ccc(C(C)C)cc5)c4)c4ccccc4-c4ccccc43)c2)cc1. The number of rotatable bonds is 10. The first-order valence-corrected chi connectivity index (χ1v) is 22.4. The van der Waals surface area contributed by atoms with Crippen molar-refractivity contribution in [3.05, 3.63) is 226 Å². The van der Waals surface area contributed by atoms with Crippen LogP contribution in [0.3, 0.4) is 0 Å². The molecule has 0 aliphatic heterocycles. The number of fused-ring (bicyclic) bond motifs is 3. The van der Waals surface area contributed by atoms with Gasteiger partial charge in [-0.1, -0.05) is 201 Å². The largest absolute Gasteiger partial charge is 0.0714 e.